The number of methoxy groups -OCH3 is 1. The molecule has 2 rings (SSSR count). The van der Waals surface area contributed by atoms with Crippen LogP contribution in [0.15, 0.2) is 53.0 Å². The smallest absolute Gasteiger partial charge is 0.0992 e. The molecule has 0 aliphatic heterocycles. The fourth-order valence-corrected chi connectivity index (χ4v) is 2.46. The van der Waals surface area contributed by atoms with Crippen molar-refractivity contribution in [2.75, 3.05) is 19.0 Å². The minimum atomic E-state index is 0.0606. The van der Waals surface area contributed by atoms with Crippen LogP contribution in [0.25, 0.3) is 0 Å². The molecular weight excluding hydrogens is 316 g/mol. The van der Waals surface area contributed by atoms with Crippen LogP contribution in [0.1, 0.15) is 17.2 Å². The maximum Gasteiger partial charge on any atom is 0.0992 e. The molecule has 0 fully saturated rings. The van der Waals surface area contributed by atoms with Crippen LogP contribution in [0.4, 0.5) is 5.69 Å². The van der Waals surface area contributed by atoms with Gasteiger partial charge in [0, 0.05) is 17.3 Å². The molecular formula is C16H15BrN2O. The Balaban J connectivity index is 2.23. The van der Waals surface area contributed by atoms with E-state index in [2.05, 4.69) is 39.4 Å². The van der Waals surface area contributed by atoms with Gasteiger partial charge < -0.3 is 10.1 Å². The lowest BCUT2D eigenvalue weighted by Crippen LogP contribution is -2.16. The summed E-state index contributed by atoms with van der Waals surface area (Å²) in [6, 6.07) is 17.8. The fraction of sp³-hybridized carbons (Fsp3) is 0.188. The van der Waals surface area contributed by atoms with Crippen LogP contribution in [-0.2, 0) is 4.74 Å². The van der Waals surface area contributed by atoms with Crippen molar-refractivity contribution < 1.29 is 4.74 Å². The zero-order valence-electron chi connectivity index (χ0n) is 11.1. The minimum Gasteiger partial charge on any atom is -0.382 e. The molecule has 0 amide bonds. The van der Waals surface area contributed by atoms with Gasteiger partial charge in [-0.25, -0.2) is 0 Å². The lowest BCUT2D eigenvalue weighted by atomic mass is 10.1. The van der Waals surface area contributed by atoms with Crippen LogP contribution < -0.4 is 5.32 Å². The molecule has 4 heteroatoms. The van der Waals surface area contributed by atoms with Gasteiger partial charge in [-0.3, -0.25) is 0 Å². The zero-order valence-corrected chi connectivity index (χ0v) is 12.7. The van der Waals surface area contributed by atoms with E-state index in [0.29, 0.717) is 12.2 Å². The number of rotatable bonds is 5. The predicted octanol–water partition coefficient (Wildman–Crippen LogP) is 4.12. The highest BCUT2D eigenvalue weighted by Gasteiger charge is 2.12. The number of nitrogens with one attached hydrogen (secondary N) is 1. The van der Waals surface area contributed by atoms with Crippen molar-refractivity contribution in [1.82, 2.24) is 0 Å². The highest BCUT2D eigenvalue weighted by atomic mass is 79.9. The van der Waals surface area contributed by atoms with Gasteiger partial charge in [-0.2, -0.15) is 5.26 Å². The standard InChI is InChI=1S/C16H15BrN2O/c1-20-11-16(13-5-3-2-4-6-13)19-15-8-7-12(10-18)9-14(15)17/h2-9,16,19H,11H2,1H3. The Morgan fingerprint density at radius 3 is 2.60 bits per heavy atom. The van der Waals surface area contributed by atoms with Crippen LogP contribution in [-0.4, -0.2) is 13.7 Å². The normalized spacial score (nSPS) is 11.7. The number of halogens is 1. The van der Waals surface area contributed by atoms with E-state index >= 15 is 0 Å². The van der Waals surface area contributed by atoms with E-state index in [0.717, 1.165) is 15.7 Å². The second kappa shape index (κ2) is 7.09. The van der Waals surface area contributed by atoms with Crippen molar-refractivity contribution in [3.63, 3.8) is 0 Å². The molecule has 102 valence electrons. The van der Waals surface area contributed by atoms with E-state index in [9.17, 15) is 0 Å². The molecule has 1 N–H and O–H groups in total. The topological polar surface area (TPSA) is 45.0 Å². The summed E-state index contributed by atoms with van der Waals surface area (Å²) in [6.45, 7) is 0.566. The summed E-state index contributed by atoms with van der Waals surface area (Å²) in [5, 5.41) is 12.3. The molecule has 0 saturated heterocycles. The summed E-state index contributed by atoms with van der Waals surface area (Å²) in [4.78, 5) is 0. The molecule has 2 aromatic rings. The Morgan fingerprint density at radius 1 is 1.25 bits per heavy atom. The molecule has 20 heavy (non-hydrogen) atoms. The van der Waals surface area contributed by atoms with Gasteiger partial charge in [0.25, 0.3) is 0 Å². The van der Waals surface area contributed by atoms with Gasteiger partial charge in [-0.15, -0.1) is 0 Å². The number of ether oxygens (including phenoxy) is 1. The molecule has 1 unspecified atom stereocenters. The molecule has 0 saturated carbocycles. The van der Waals surface area contributed by atoms with Gasteiger partial charge in [-0.1, -0.05) is 30.3 Å². The first-order valence-corrected chi connectivity index (χ1v) is 7.04. The van der Waals surface area contributed by atoms with Crippen molar-refractivity contribution in [3.05, 3.63) is 64.1 Å². The zero-order chi connectivity index (χ0) is 14.4. The third-order valence-corrected chi connectivity index (χ3v) is 3.62. The highest BCUT2D eigenvalue weighted by Crippen LogP contribution is 2.27. The largest absolute Gasteiger partial charge is 0.382 e. The number of hydrogen-bond acceptors (Lipinski definition) is 3. The van der Waals surface area contributed by atoms with Crippen molar-refractivity contribution in [2.24, 2.45) is 0 Å². The maximum atomic E-state index is 8.89. The Morgan fingerprint density at radius 2 is 2.00 bits per heavy atom. The maximum absolute atomic E-state index is 8.89. The second-order valence-corrected chi connectivity index (χ2v) is 5.22. The third kappa shape index (κ3) is 3.60. The van der Waals surface area contributed by atoms with Gasteiger partial charge in [0.1, 0.15) is 0 Å². The molecule has 0 bridgehead atoms. The van der Waals surface area contributed by atoms with Crippen LogP contribution in [0.5, 0.6) is 0 Å². The van der Waals surface area contributed by atoms with E-state index in [1.807, 2.05) is 24.3 Å². The molecule has 3 nitrogen and oxygen atoms in total. The summed E-state index contributed by atoms with van der Waals surface area (Å²) in [7, 11) is 1.69. The van der Waals surface area contributed by atoms with Crippen LogP contribution >= 0.6 is 15.9 Å². The van der Waals surface area contributed by atoms with Gasteiger partial charge in [0.2, 0.25) is 0 Å². The van der Waals surface area contributed by atoms with Gasteiger partial charge in [-0.05, 0) is 39.7 Å². The van der Waals surface area contributed by atoms with E-state index in [4.69, 9.17) is 10.00 Å². The van der Waals surface area contributed by atoms with Crippen molar-refractivity contribution >= 4 is 21.6 Å². The Labute approximate surface area is 127 Å². The SMILES string of the molecule is COCC(Nc1ccc(C#N)cc1Br)c1ccccc1. The molecule has 0 spiro atoms. The van der Waals surface area contributed by atoms with Crippen molar-refractivity contribution in [1.29, 1.82) is 5.26 Å². The van der Waals surface area contributed by atoms with Crippen molar-refractivity contribution in [2.45, 2.75) is 6.04 Å². The first kappa shape index (κ1) is 14.6. The molecule has 0 aliphatic rings. The number of nitriles is 1. The van der Waals surface area contributed by atoms with E-state index in [-0.39, 0.29) is 6.04 Å². The second-order valence-electron chi connectivity index (χ2n) is 4.37. The highest BCUT2D eigenvalue weighted by molar-refractivity contribution is 9.10. The molecule has 2 aromatic carbocycles. The quantitative estimate of drug-likeness (QED) is 0.896. The summed E-state index contributed by atoms with van der Waals surface area (Å²) in [5.74, 6) is 0. The fourth-order valence-electron chi connectivity index (χ4n) is 1.96. The van der Waals surface area contributed by atoms with Gasteiger partial charge in [0.15, 0.2) is 0 Å². The molecule has 0 aromatic heterocycles. The number of hydrogen-bond donors (Lipinski definition) is 1. The van der Waals surface area contributed by atoms with E-state index in [1.54, 1.807) is 19.2 Å². The number of anilines is 1. The molecule has 0 heterocycles. The third-order valence-electron chi connectivity index (χ3n) is 2.96. The Kier molecular flexibility index (Phi) is 5.16. The van der Waals surface area contributed by atoms with Crippen LogP contribution in [0.3, 0.4) is 0 Å². The first-order chi connectivity index (χ1) is 9.74. The lowest BCUT2D eigenvalue weighted by molar-refractivity contribution is 0.186. The Hall–Kier alpha value is -1.83. The summed E-state index contributed by atoms with van der Waals surface area (Å²) >= 11 is 3.49. The number of benzene rings is 2. The Bertz CT molecular complexity index is 608. The number of nitrogens with zero attached hydrogens (tertiary/aromatic N) is 1. The van der Waals surface area contributed by atoms with Crippen LogP contribution in [0, 0.1) is 11.3 Å². The summed E-state index contributed by atoms with van der Waals surface area (Å²) in [5.41, 5.74) is 2.73. The summed E-state index contributed by atoms with van der Waals surface area (Å²) in [6.07, 6.45) is 0. The lowest BCUT2D eigenvalue weighted by Gasteiger charge is -2.20. The van der Waals surface area contributed by atoms with E-state index in [1.165, 1.54) is 0 Å². The molecule has 0 aliphatic carbocycles. The minimum absolute atomic E-state index is 0.0606. The predicted molar refractivity (Wildman–Crippen MR) is 83.5 cm³/mol. The summed E-state index contributed by atoms with van der Waals surface area (Å²) < 4.78 is 6.15. The van der Waals surface area contributed by atoms with Gasteiger partial charge >= 0.3 is 0 Å². The first-order valence-electron chi connectivity index (χ1n) is 6.24. The van der Waals surface area contributed by atoms with Crippen molar-refractivity contribution in [3.8, 4) is 6.07 Å². The van der Waals surface area contributed by atoms with Crippen LogP contribution in [0.2, 0.25) is 0 Å². The average Bonchev–Trinajstić information content (AvgIpc) is 2.49. The molecule has 0 radical (unpaired) electrons. The monoisotopic (exact) mass is 330 g/mol. The molecule has 1 atom stereocenters. The average molecular weight is 331 g/mol. The van der Waals surface area contributed by atoms with E-state index < -0.39 is 0 Å². The van der Waals surface area contributed by atoms with Gasteiger partial charge in [0.05, 0.1) is 24.3 Å².